The molecule has 1 atom stereocenters. The lowest BCUT2D eigenvalue weighted by Gasteiger charge is -2.32. The van der Waals surface area contributed by atoms with Crippen LogP contribution in [-0.2, 0) is 25.7 Å². The molecule has 2 heterocycles. The molecule has 1 N–H and O–H groups in total. The molecule has 0 saturated heterocycles. The van der Waals surface area contributed by atoms with Gasteiger partial charge in [-0.3, -0.25) is 19.4 Å². The number of aromatic nitrogens is 5. The first-order chi connectivity index (χ1) is 18.0. The predicted octanol–water partition coefficient (Wildman–Crippen LogP) is 2.32. The molecule has 1 aliphatic rings. The van der Waals surface area contributed by atoms with Crippen LogP contribution in [0.5, 0.6) is 0 Å². The molecule has 1 unspecified atom stereocenters. The number of hydrogen-bond donors (Lipinski definition) is 1. The van der Waals surface area contributed by atoms with Gasteiger partial charge in [0, 0.05) is 17.8 Å². The highest BCUT2D eigenvalue weighted by atomic mass is 16.5. The van der Waals surface area contributed by atoms with Crippen LogP contribution in [0.3, 0.4) is 0 Å². The minimum absolute atomic E-state index is 0.0115. The molecule has 0 spiro atoms. The molecular weight excluding hydrogens is 474 g/mol. The van der Waals surface area contributed by atoms with Crippen molar-refractivity contribution in [1.82, 2.24) is 35.4 Å². The Bertz CT molecular complexity index is 1180. The number of nitrogens with zero attached hydrogens (tertiary/aromatic N) is 6. The van der Waals surface area contributed by atoms with E-state index in [9.17, 15) is 14.4 Å². The number of pyridine rings is 1. The summed E-state index contributed by atoms with van der Waals surface area (Å²) in [7, 11) is 0. The van der Waals surface area contributed by atoms with Gasteiger partial charge >= 0.3 is 5.97 Å². The summed E-state index contributed by atoms with van der Waals surface area (Å²) in [5.74, 6) is -1.19. The number of carbonyl (C=O) groups is 3. The quantitative estimate of drug-likeness (QED) is 0.415. The van der Waals surface area contributed by atoms with Crippen LogP contribution in [0.15, 0.2) is 54.7 Å². The van der Waals surface area contributed by atoms with Crippen LogP contribution in [0, 0.1) is 0 Å². The fraction of sp³-hybridized carbons (Fsp3) is 0.423. The Morgan fingerprint density at radius 3 is 2.54 bits per heavy atom. The topological polar surface area (TPSA) is 132 Å². The molecule has 3 aromatic rings. The Kier molecular flexibility index (Phi) is 8.90. The van der Waals surface area contributed by atoms with Gasteiger partial charge in [0.05, 0.1) is 12.3 Å². The minimum Gasteiger partial charge on any atom is -0.465 e. The van der Waals surface area contributed by atoms with Gasteiger partial charge in [-0.25, -0.2) is 0 Å². The van der Waals surface area contributed by atoms with Gasteiger partial charge in [-0.1, -0.05) is 55.7 Å². The van der Waals surface area contributed by atoms with Crippen molar-refractivity contribution in [3.05, 3.63) is 60.4 Å². The summed E-state index contributed by atoms with van der Waals surface area (Å²) in [6, 6.07) is 13.3. The van der Waals surface area contributed by atoms with Crippen LogP contribution in [0.4, 0.5) is 0 Å². The number of ether oxygens (including phenoxy) is 1. The van der Waals surface area contributed by atoms with Crippen LogP contribution >= 0.6 is 0 Å². The molecular formula is C26H31N7O4. The van der Waals surface area contributed by atoms with Crippen LogP contribution in [0.1, 0.15) is 50.8 Å². The third-order valence-electron chi connectivity index (χ3n) is 6.17. The Morgan fingerprint density at radius 1 is 1.08 bits per heavy atom. The molecule has 4 rings (SSSR count). The maximum Gasteiger partial charge on any atom is 0.325 e. The maximum atomic E-state index is 13.6. The van der Waals surface area contributed by atoms with Crippen molar-refractivity contribution in [2.75, 3.05) is 13.2 Å². The Hall–Kier alpha value is -4.15. The number of tetrazole rings is 1. The van der Waals surface area contributed by atoms with Gasteiger partial charge in [-0.15, -0.1) is 10.2 Å². The second kappa shape index (κ2) is 12.7. The molecule has 1 aliphatic carbocycles. The van der Waals surface area contributed by atoms with Crippen molar-refractivity contribution in [3.8, 4) is 11.4 Å². The zero-order valence-electron chi connectivity index (χ0n) is 20.8. The molecule has 194 valence electrons. The van der Waals surface area contributed by atoms with E-state index in [1.807, 2.05) is 30.3 Å². The smallest absolute Gasteiger partial charge is 0.325 e. The van der Waals surface area contributed by atoms with E-state index < -0.39 is 24.5 Å². The van der Waals surface area contributed by atoms with E-state index in [1.54, 1.807) is 31.3 Å². The molecule has 0 aliphatic heterocycles. The summed E-state index contributed by atoms with van der Waals surface area (Å²) in [5.41, 5.74) is 1.10. The monoisotopic (exact) mass is 505 g/mol. The van der Waals surface area contributed by atoms with E-state index in [1.165, 1.54) is 4.90 Å². The number of rotatable bonds is 10. The molecule has 2 amide bonds. The van der Waals surface area contributed by atoms with Crippen LogP contribution in [0.2, 0.25) is 0 Å². The summed E-state index contributed by atoms with van der Waals surface area (Å²) in [4.78, 5) is 46.4. The first-order valence-electron chi connectivity index (χ1n) is 12.5. The lowest BCUT2D eigenvalue weighted by Crippen LogP contribution is -2.49. The lowest BCUT2D eigenvalue weighted by molar-refractivity contribution is -0.153. The van der Waals surface area contributed by atoms with Gasteiger partial charge in [-0.2, -0.15) is 4.80 Å². The number of benzene rings is 1. The van der Waals surface area contributed by atoms with Crippen molar-refractivity contribution in [1.29, 1.82) is 0 Å². The van der Waals surface area contributed by atoms with Gasteiger partial charge in [-0.05, 0) is 37.1 Å². The van der Waals surface area contributed by atoms with E-state index in [2.05, 4.69) is 25.7 Å². The second-order valence-electron chi connectivity index (χ2n) is 8.84. The predicted molar refractivity (Wildman–Crippen MR) is 134 cm³/mol. The molecule has 2 aromatic heterocycles. The van der Waals surface area contributed by atoms with Gasteiger partial charge < -0.3 is 15.0 Å². The Balaban J connectivity index is 1.61. The van der Waals surface area contributed by atoms with Crippen molar-refractivity contribution in [2.24, 2.45) is 0 Å². The van der Waals surface area contributed by atoms with Crippen molar-refractivity contribution in [2.45, 2.75) is 57.7 Å². The Morgan fingerprint density at radius 2 is 1.84 bits per heavy atom. The highest BCUT2D eigenvalue weighted by Gasteiger charge is 2.35. The van der Waals surface area contributed by atoms with E-state index in [0.29, 0.717) is 11.5 Å². The fourth-order valence-corrected chi connectivity index (χ4v) is 4.39. The van der Waals surface area contributed by atoms with Gasteiger partial charge in [0.1, 0.15) is 13.1 Å². The highest BCUT2D eigenvalue weighted by molar-refractivity contribution is 5.90. The van der Waals surface area contributed by atoms with E-state index in [-0.39, 0.29) is 25.1 Å². The van der Waals surface area contributed by atoms with Crippen molar-refractivity contribution < 1.29 is 19.1 Å². The van der Waals surface area contributed by atoms with Gasteiger partial charge in [0.2, 0.25) is 17.6 Å². The van der Waals surface area contributed by atoms with Crippen molar-refractivity contribution in [3.63, 3.8) is 0 Å². The third-order valence-corrected chi connectivity index (χ3v) is 6.17. The number of amides is 2. The summed E-state index contributed by atoms with van der Waals surface area (Å²) in [6.07, 6.45) is 6.50. The fourth-order valence-electron chi connectivity index (χ4n) is 4.39. The summed E-state index contributed by atoms with van der Waals surface area (Å²) in [6.45, 7) is 1.08. The van der Waals surface area contributed by atoms with Gasteiger partial charge in [0.25, 0.3) is 0 Å². The van der Waals surface area contributed by atoms with Crippen molar-refractivity contribution >= 4 is 17.8 Å². The number of nitrogens with one attached hydrogen (secondary N) is 1. The summed E-state index contributed by atoms with van der Waals surface area (Å²) < 4.78 is 5.12. The molecule has 0 bridgehead atoms. The molecule has 1 fully saturated rings. The van der Waals surface area contributed by atoms with Crippen LogP contribution < -0.4 is 5.32 Å². The second-order valence-corrected chi connectivity index (χ2v) is 8.84. The molecule has 11 heteroatoms. The standard InChI is InChI=1S/C26H31N7O4/c1-2-37-23(35)18-32(22(34)17-33-30-25(29-31-33)19-11-5-3-6-12-19)24(21-15-9-10-16-27-21)26(36)28-20-13-7-4-8-14-20/h3,5-6,9-12,15-16,20,24H,2,4,7-8,13-14,17-18H2,1H3,(H,28,36). The lowest BCUT2D eigenvalue weighted by atomic mass is 9.95. The Labute approximate surface area is 215 Å². The summed E-state index contributed by atoms with van der Waals surface area (Å²) >= 11 is 0. The molecule has 0 radical (unpaired) electrons. The highest BCUT2D eigenvalue weighted by Crippen LogP contribution is 2.23. The largest absolute Gasteiger partial charge is 0.465 e. The first kappa shape index (κ1) is 25.9. The summed E-state index contributed by atoms with van der Waals surface area (Å²) in [5, 5.41) is 15.4. The zero-order valence-corrected chi connectivity index (χ0v) is 20.8. The first-order valence-corrected chi connectivity index (χ1v) is 12.5. The maximum absolute atomic E-state index is 13.6. The van der Waals surface area contributed by atoms with Crippen LogP contribution in [-0.4, -0.2) is 67.1 Å². The normalized spacial score (nSPS) is 14.5. The SMILES string of the molecule is CCOC(=O)CN(C(=O)Cn1nnc(-c2ccccc2)n1)C(C(=O)NC1CCCCC1)c1ccccn1. The number of hydrogen-bond acceptors (Lipinski definition) is 8. The zero-order chi connectivity index (χ0) is 26.0. The average Bonchev–Trinajstić information content (AvgIpc) is 3.38. The average molecular weight is 506 g/mol. The van der Waals surface area contributed by atoms with E-state index >= 15 is 0 Å². The molecule has 37 heavy (non-hydrogen) atoms. The minimum atomic E-state index is -1.13. The molecule has 11 nitrogen and oxygen atoms in total. The number of esters is 1. The third kappa shape index (κ3) is 6.96. The van der Waals surface area contributed by atoms with E-state index in [4.69, 9.17) is 4.74 Å². The van der Waals surface area contributed by atoms with Gasteiger partial charge in [0.15, 0.2) is 6.04 Å². The molecule has 1 saturated carbocycles. The molecule has 1 aromatic carbocycles. The number of carbonyl (C=O) groups excluding carboxylic acids is 3. The van der Waals surface area contributed by atoms with Crippen LogP contribution in [0.25, 0.3) is 11.4 Å². The van der Waals surface area contributed by atoms with E-state index in [0.717, 1.165) is 42.5 Å².